The van der Waals surface area contributed by atoms with Gasteiger partial charge >= 0.3 is 5.97 Å². The van der Waals surface area contributed by atoms with Crippen molar-refractivity contribution in [3.8, 4) is 5.88 Å². The van der Waals surface area contributed by atoms with Gasteiger partial charge in [0.15, 0.2) is 0 Å². The van der Waals surface area contributed by atoms with E-state index in [0.717, 1.165) is 56.2 Å². The van der Waals surface area contributed by atoms with Crippen LogP contribution in [0.1, 0.15) is 53.7 Å². The van der Waals surface area contributed by atoms with Crippen LogP contribution in [0.4, 0.5) is 0 Å². The molecule has 0 radical (unpaired) electrons. The van der Waals surface area contributed by atoms with Crippen LogP contribution >= 0.6 is 0 Å². The minimum atomic E-state index is -0.966. The summed E-state index contributed by atoms with van der Waals surface area (Å²) in [5.74, 6) is -0.684. The van der Waals surface area contributed by atoms with Gasteiger partial charge in [-0.2, -0.15) is 0 Å². The molecular formula is C16H21NO4. The maximum Gasteiger partial charge on any atom is 0.341 e. The molecule has 1 aromatic rings. The molecule has 2 aliphatic rings. The van der Waals surface area contributed by atoms with Gasteiger partial charge in [0, 0.05) is 19.2 Å². The van der Waals surface area contributed by atoms with Gasteiger partial charge in [0.1, 0.15) is 11.7 Å². The lowest BCUT2D eigenvalue weighted by Crippen LogP contribution is -2.30. The molecule has 1 heterocycles. The predicted molar refractivity (Wildman–Crippen MR) is 76.9 cm³/mol. The van der Waals surface area contributed by atoms with E-state index in [1.54, 1.807) is 13.2 Å². The maximum absolute atomic E-state index is 11.4. The lowest BCUT2D eigenvalue weighted by molar-refractivity contribution is 0.0189. The van der Waals surface area contributed by atoms with E-state index in [1.165, 1.54) is 0 Å². The van der Waals surface area contributed by atoms with Crippen LogP contribution in [0.3, 0.4) is 0 Å². The van der Waals surface area contributed by atoms with Gasteiger partial charge in [0.25, 0.3) is 0 Å². The number of ether oxygens (including phenoxy) is 2. The standard InChI is InChI=1S/C16H21NO4/c1-20-11-5-3-6-12(9-11)21-15-13(16(18)19)8-10-4-2-7-14(10)17-15/h8,11-12H,2-7,9H2,1H3,(H,18,19). The number of aromatic carboxylic acids is 1. The summed E-state index contributed by atoms with van der Waals surface area (Å²) in [5.41, 5.74) is 2.24. The highest BCUT2D eigenvalue weighted by atomic mass is 16.5. The number of pyridine rings is 1. The number of aryl methyl sites for hydroxylation is 2. The van der Waals surface area contributed by atoms with Crippen LogP contribution in [0, 0.1) is 0 Å². The number of methoxy groups -OCH3 is 1. The molecule has 0 spiro atoms. The Labute approximate surface area is 124 Å². The largest absolute Gasteiger partial charge is 0.477 e. The normalized spacial score (nSPS) is 24.6. The quantitative estimate of drug-likeness (QED) is 0.923. The number of hydrogen-bond acceptors (Lipinski definition) is 4. The fraction of sp³-hybridized carbons (Fsp3) is 0.625. The second kappa shape index (κ2) is 6.02. The summed E-state index contributed by atoms with van der Waals surface area (Å²) in [5, 5.41) is 9.38. The van der Waals surface area contributed by atoms with Crippen molar-refractivity contribution in [2.45, 2.75) is 57.2 Å². The van der Waals surface area contributed by atoms with Crippen LogP contribution in [0.25, 0.3) is 0 Å². The highest BCUT2D eigenvalue weighted by molar-refractivity contribution is 5.90. The van der Waals surface area contributed by atoms with E-state index in [4.69, 9.17) is 9.47 Å². The average Bonchev–Trinajstić information content (AvgIpc) is 2.93. The molecule has 0 amide bonds. The zero-order chi connectivity index (χ0) is 14.8. The molecule has 3 rings (SSSR count). The predicted octanol–water partition coefficient (Wildman–Crippen LogP) is 2.60. The molecule has 5 heteroatoms. The number of hydrogen-bond donors (Lipinski definition) is 1. The summed E-state index contributed by atoms with van der Waals surface area (Å²) in [6, 6.07) is 1.74. The van der Waals surface area contributed by atoms with Crippen LogP contribution < -0.4 is 4.74 Å². The van der Waals surface area contributed by atoms with Gasteiger partial charge in [-0.05, 0) is 50.2 Å². The Morgan fingerprint density at radius 3 is 2.86 bits per heavy atom. The molecule has 1 fully saturated rings. The second-order valence-corrected chi connectivity index (χ2v) is 5.87. The summed E-state index contributed by atoms with van der Waals surface area (Å²) in [6.45, 7) is 0. The summed E-state index contributed by atoms with van der Waals surface area (Å²) < 4.78 is 11.3. The van der Waals surface area contributed by atoms with Crippen molar-refractivity contribution in [2.24, 2.45) is 0 Å². The van der Waals surface area contributed by atoms with Crippen molar-refractivity contribution >= 4 is 5.97 Å². The van der Waals surface area contributed by atoms with Gasteiger partial charge in [-0.15, -0.1) is 0 Å². The Balaban J connectivity index is 1.82. The van der Waals surface area contributed by atoms with Crippen LogP contribution in [0.5, 0.6) is 5.88 Å². The molecule has 0 saturated heterocycles. The lowest BCUT2D eigenvalue weighted by atomic mass is 9.95. The van der Waals surface area contributed by atoms with Gasteiger partial charge in [0.05, 0.1) is 6.10 Å². The first-order valence-electron chi connectivity index (χ1n) is 7.63. The van der Waals surface area contributed by atoms with E-state index in [1.807, 2.05) is 0 Å². The smallest absolute Gasteiger partial charge is 0.341 e. The van der Waals surface area contributed by atoms with Gasteiger partial charge in [0.2, 0.25) is 5.88 Å². The summed E-state index contributed by atoms with van der Waals surface area (Å²) in [7, 11) is 1.71. The van der Waals surface area contributed by atoms with E-state index in [-0.39, 0.29) is 23.7 Å². The number of fused-ring (bicyclic) bond motifs is 1. The molecule has 0 aliphatic heterocycles. The molecule has 2 unspecified atom stereocenters. The molecule has 114 valence electrons. The van der Waals surface area contributed by atoms with E-state index in [0.29, 0.717) is 0 Å². The van der Waals surface area contributed by atoms with E-state index in [9.17, 15) is 9.90 Å². The van der Waals surface area contributed by atoms with Crippen molar-refractivity contribution in [2.75, 3.05) is 7.11 Å². The highest BCUT2D eigenvalue weighted by Gasteiger charge is 2.27. The molecule has 0 bridgehead atoms. The SMILES string of the molecule is COC1CCCC(Oc2nc3c(cc2C(=O)O)CCC3)C1. The van der Waals surface area contributed by atoms with Crippen molar-refractivity contribution < 1.29 is 19.4 Å². The van der Waals surface area contributed by atoms with E-state index >= 15 is 0 Å². The van der Waals surface area contributed by atoms with Crippen molar-refractivity contribution in [3.63, 3.8) is 0 Å². The van der Waals surface area contributed by atoms with E-state index in [2.05, 4.69) is 4.98 Å². The molecule has 2 aliphatic carbocycles. The van der Waals surface area contributed by atoms with Gasteiger partial charge in [-0.25, -0.2) is 9.78 Å². The Hall–Kier alpha value is -1.62. The Bertz CT molecular complexity index is 543. The minimum absolute atomic E-state index is 0.00578. The number of nitrogens with zero attached hydrogens (tertiary/aromatic N) is 1. The third kappa shape index (κ3) is 3.02. The fourth-order valence-electron chi connectivity index (χ4n) is 3.28. The van der Waals surface area contributed by atoms with Crippen LogP contribution in [-0.2, 0) is 17.6 Å². The Morgan fingerprint density at radius 2 is 2.10 bits per heavy atom. The average molecular weight is 291 g/mol. The minimum Gasteiger partial charge on any atom is -0.477 e. The van der Waals surface area contributed by atoms with Gasteiger partial charge in [-0.3, -0.25) is 0 Å². The van der Waals surface area contributed by atoms with Crippen molar-refractivity contribution in [1.82, 2.24) is 4.98 Å². The van der Waals surface area contributed by atoms with Gasteiger partial charge < -0.3 is 14.6 Å². The molecule has 21 heavy (non-hydrogen) atoms. The maximum atomic E-state index is 11.4. The monoisotopic (exact) mass is 291 g/mol. The van der Waals surface area contributed by atoms with Crippen LogP contribution in [-0.4, -0.2) is 35.4 Å². The lowest BCUT2D eigenvalue weighted by Gasteiger charge is -2.28. The molecule has 5 nitrogen and oxygen atoms in total. The molecule has 2 atom stereocenters. The third-order valence-corrected chi connectivity index (χ3v) is 4.44. The third-order valence-electron chi connectivity index (χ3n) is 4.44. The first-order valence-corrected chi connectivity index (χ1v) is 7.63. The molecular weight excluding hydrogens is 270 g/mol. The number of aromatic nitrogens is 1. The van der Waals surface area contributed by atoms with Crippen molar-refractivity contribution in [3.05, 3.63) is 22.9 Å². The summed E-state index contributed by atoms with van der Waals surface area (Å²) >= 11 is 0. The Kier molecular flexibility index (Phi) is 4.10. The first-order chi connectivity index (χ1) is 10.2. The zero-order valence-electron chi connectivity index (χ0n) is 12.3. The highest BCUT2D eigenvalue weighted by Crippen LogP contribution is 2.30. The van der Waals surface area contributed by atoms with Crippen molar-refractivity contribution in [1.29, 1.82) is 0 Å². The second-order valence-electron chi connectivity index (χ2n) is 5.87. The number of carbonyl (C=O) groups is 1. The van der Waals surface area contributed by atoms with Crippen LogP contribution in [0.2, 0.25) is 0 Å². The topological polar surface area (TPSA) is 68.7 Å². The van der Waals surface area contributed by atoms with E-state index < -0.39 is 5.97 Å². The zero-order valence-corrected chi connectivity index (χ0v) is 12.3. The number of rotatable bonds is 4. The first kappa shape index (κ1) is 14.3. The fourth-order valence-corrected chi connectivity index (χ4v) is 3.28. The summed E-state index contributed by atoms with van der Waals surface area (Å²) in [4.78, 5) is 15.9. The van der Waals surface area contributed by atoms with Crippen LogP contribution in [0.15, 0.2) is 6.07 Å². The number of carboxylic acid groups (broad SMARTS) is 1. The molecule has 1 aromatic heterocycles. The Morgan fingerprint density at radius 1 is 1.29 bits per heavy atom. The van der Waals surface area contributed by atoms with Gasteiger partial charge in [-0.1, -0.05) is 0 Å². The molecule has 1 N–H and O–H groups in total. The molecule has 0 aromatic carbocycles. The number of carboxylic acids is 1. The molecule has 1 saturated carbocycles. The summed E-state index contributed by atoms with van der Waals surface area (Å²) in [6.07, 6.45) is 6.87.